The van der Waals surface area contributed by atoms with Crippen LogP contribution in [-0.2, 0) is 16.6 Å². The Kier molecular flexibility index (Phi) is 7.01. The molecule has 164 valence electrons. The number of carbonyl (C=O) groups excluding carboxylic acids is 2. The summed E-state index contributed by atoms with van der Waals surface area (Å²) in [5.41, 5.74) is 3.53. The van der Waals surface area contributed by atoms with Crippen LogP contribution in [0.3, 0.4) is 0 Å². The highest BCUT2D eigenvalue weighted by Gasteiger charge is 2.27. The van der Waals surface area contributed by atoms with Crippen LogP contribution in [0.1, 0.15) is 43.7 Å². The van der Waals surface area contributed by atoms with Crippen LogP contribution in [0.2, 0.25) is 0 Å². The Morgan fingerprint density at radius 3 is 2.77 bits per heavy atom. The molecule has 0 atom stereocenters. The highest BCUT2D eigenvalue weighted by Crippen LogP contribution is 2.39. The van der Waals surface area contributed by atoms with E-state index in [4.69, 9.17) is 5.10 Å². The number of aliphatic imine (C=N–C) groups is 1. The zero-order valence-electron chi connectivity index (χ0n) is 17.7. The van der Waals surface area contributed by atoms with Gasteiger partial charge in [-0.2, -0.15) is 5.10 Å². The van der Waals surface area contributed by atoms with E-state index >= 15 is 0 Å². The maximum absolute atomic E-state index is 12.1. The SMILES string of the molecule is Cn1cc(-c2ccncc2)c(C2CCC(CNC(=O)CCN=C3NC(=O)CS3)CC2)n1. The number of hydrogen-bond acceptors (Lipinski definition) is 6. The van der Waals surface area contributed by atoms with Gasteiger partial charge in [0.25, 0.3) is 0 Å². The Labute approximate surface area is 186 Å². The number of thioether (sulfide) groups is 1. The van der Waals surface area contributed by atoms with Crippen molar-refractivity contribution in [2.24, 2.45) is 18.0 Å². The molecule has 31 heavy (non-hydrogen) atoms. The molecule has 8 nitrogen and oxygen atoms in total. The maximum atomic E-state index is 12.1. The minimum absolute atomic E-state index is 0.0190. The monoisotopic (exact) mass is 440 g/mol. The number of nitrogens with one attached hydrogen (secondary N) is 2. The molecule has 2 amide bonds. The number of hydrogen-bond donors (Lipinski definition) is 2. The van der Waals surface area contributed by atoms with Crippen LogP contribution in [0.4, 0.5) is 0 Å². The van der Waals surface area contributed by atoms with E-state index in [1.165, 1.54) is 23.0 Å². The number of amides is 2. The summed E-state index contributed by atoms with van der Waals surface area (Å²) in [5.74, 6) is 1.36. The summed E-state index contributed by atoms with van der Waals surface area (Å²) >= 11 is 1.39. The molecule has 0 bridgehead atoms. The van der Waals surface area contributed by atoms with Crippen molar-refractivity contribution < 1.29 is 9.59 Å². The van der Waals surface area contributed by atoms with E-state index in [1.807, 2.05) is 36.3 Å². The van der Waals surface area contributed by atoms with Crippen LogP contribution >= 0.6 is 11.8 Å². The van der Waals surface area contributed by atoms with E-state index in [9.17, 15) is 9.59 Å². The molecule has 3 heterocycles. The summed E-state index contributed by atoms with van der Waals surface area (Å²) in [5, 5.41) is 11.1. The zero-order chi connectivity index (χ0) is 21.6. The molecule has 0 unspecified atom stereocenters. The molecule has 2 aromatic rings. The van der Waals surface area contributed by atoms with Gasteiger partial charge in [0.15, 0.2) is 5.17 Å². The maximum Gasteiger partial charge on any atom is 0.236 e. The molecular weight excluding hydrogens is 412 g/mol. The molecule has 2 aromatic heterocycles. The van der Waals surface area contributed by atoms with Crippen molar-refractivity contribution in [1.82, 2.24) is 25.4 Å². The molecule has 2 aliphatic rings. The molecule has 2 fully saturated rings. The first-order valence-corrected chi connectivity index (χ1v) is 11.7. The van der Waals surface area contributed by atoms with Gasteiger partial charge in [0, 0.05) is 50.1 Å². The Bertz CT molecular complexity index is 950. The van der Waals surface area contributed by atoms with Gasteiger partial charge in [0.05, 0.1) is 18.0 Å². The Balaban J connectivity index is 1.23. The fourth-order valence-corrected chi connectivity index (χ4v) is 4.93. The molecule has 0 radical (unpaired) electrons. The van der Waals surface area contributed by atoms with E-state index in [-0.39, 0.29) is 11.8 Å². The van der Waals surface area contributed by atoms with Crippen molar-refractivity contribution in [2.45, 2.75) is 38.0 Å². The highest BCUT2D eigenvalue weighted by molar-refractivity contribution is 8.15. The minimum atomic E-state index is -0.0256. The summed E-state index contributed by atoms with van der Waals surface area (Å²) in [4.78, 5) is 31.6. The lowest BCUT2D eigenvalue weighted by atomic mass is 9.79. The number of carbonyl (C=O) groups is 2. The molecule has 1 aliphatic carbocycles. The minimum Gasteiger partial charge on any atom is -0.356 e. The lowest BCUT2D eigenvalue weighted by Gasteiger charge is -2.28. The van der Waals surface area contributed by atoms with Crippen molar-refractivity contribution in [2.75, 3.05) is 18.8 Å². The highest BCUT2D eigenvalue weighted by atomic mass is 32.2. The largest absolute Gasteiger partial charge is 0.356 e. The fourth-order valence-electron chi connectivity index (χ4n) is 4.22. The first-order chi connectivity index (χ1) is 15.1. The third-order valence-corrected chi connectivity index (χ3v) is 6.76. The Hall–Kier alpha value is -2.68. The van der Waals surface area contributed by atoms with Gasteiger partial charge < -0.3 is 10.6 Å². The number of aromatic nitrogens is 3. The molecule has 9 heteroatoms. The molecule has 4 rings (SSSR count). The molecule has 0 aromatic carbocycles. The summed E-state index contributed by atoms with van der Waals surface area (Å²) in [6, 6.07) is 4.07. The second kappa shape index (κ2) is 10.1. The van der Waals surface area contributed by atoms with E-state index in [2.05, 4.69) is 26.8 Å². The summed E-state index contributed by atoms with van der Waals surface area (Å²) < 4.78 is 1.90. The molecule has 1 saturated carbocycles. The summed E-state index contributed by atoms with van der Waals surface area (Å²) in [7, 11) is 1.97. The first-order valence-electron chi connectivity index (χ1n) is 10.8. The standard InChI is InChI=1S/C22H28N6O2S/c1-28-13-18(16-6-9-23-10-7-16)21(27-28)17-4-2-15(3-5-17)12-25-19(29)8-11-24-22-26-20(30)14-31-22/h6-7,9-10,13,15,17H,2-5,8,11-12,14H2,1H3,(H,25,29)(H,24,26,30). The van der Waals surface area contributed by atoms with Crippen LogP contribution in [0.15, 0.2) is 35.7 Å². The topological polar surface area (TPSA) is 101 Å². The predicted octanol–water partition coefficient (Wildman–Crippen LogP) is 2.48. The average Bonchev–Trinajstić information content (AvgIpc) is 3.38. The van der Waals surface area contributed by atoms with Crippen molar-refractivity contribution in [3.63, 3.8) is 0 Å². The number of rotatable bonds is 7. The Morgan fingerprint density at radius 1 is 1.29 bits per heavy atom. The zero-order valence-corrected chi connectivity index (χ0v) is 18.5. The smallest absolute Gasteiger partial charge is 0.236 e. The molecule has 0 spiro atoms. The van der Waals surface area contributed by atoms with E-state index in [0.717, 1.165) is 31.2 Å². The second-order valence-corrected chi connectivity index (χ2v) is 9.10. The lowest BCUT2D eigenvalue weighted by Crippen LogP contribution is -2.31. The summed E-state index contributed by atoms with van der Waals surface area (Å²) in [6.45, 7) is 1.12. The summed E-state index contributed by atoms with van der Waals surface area (Å²) in [6.07, 6.45) is 10.4. The lowest BCUT2D eigenvalue weighted by molar-refractivity contribution is -0.121. The van der Waals surface area contributed by atoms with Gasteiger partial charge in [-0.25, -0.2) is 0 Å². The number of amidine groups is 1. The number of aryl methyl sites for hydroxylation is 1. The average molecular weight is 441 g/mol. The molecule has 1 saturated heterocycles. The van der Waals surface area contributed by atoms with Crippen LogP contribution in [0.5, 0.6) is 0 Å². The van der Waals surface area contributed by atoms with Crippen LogP contribution in [0.25, 0.3) is 11.1 Å². The Morgan fingerprint density at radius 2 is 2.06 bits per heavy atom. The predicted molar refractivity (Wildman–Crippen MR) is 122 cm³/mol. The van der Waals surface area contributed by atoms with Crippen molar-refractivity contribution >= 4 is 28.7 Å². The van der Waals surface area contributed by atoms with Crippen molar-refractivity contribution in [3.8, 4) is 11.1 Å². The van der Waals surface area contributed by atoms with Gasteiger partial charge in [-0.15, -0.1) is 0 Å². The van der Waals surface area contributed by atoms with Crippen molar-refractivity contribution in [1.29, 1.82) is 0 Å². The van der Waals surface area contributed by atoms with Crippen LogP contribution in [-0.4, -0.2) is 50.6 Å². The quantitative estimate of drug-likeness (QED) is 0.689. The molecule has 1 aliphatic heterocycles. The second-order valence-electron chi connectivity index (χ2n) is 8.13. The van der Waals surface area contributed by atoms with Crippen LogP contribution in [0, 0.1) is 5.92 Å². The van der Waals surface area contributed by atoms with Gasteiger partial charge in [0.2, 0.25) is 11.8 Å². The van der Waals surface area contributed by atoms with Gasteiger partial charge >= 0.3 is 0 Å². The normalized spacial score (nSPS) is 22.5. The third-order valence-electron chi connectivity index (χ3n) is 5.85. The van der Waals surface area contributed by atoms with Gasteiger partial charge in [0.1, 0.15) is 0 Å². The van der Waals surface area contributed by atoms with Gasteiger partial charge in [-0.3, -0.25) is 24.2 Å². The van der Waals surface area contributed by atoms with E-state index in [1.54, 1.807) is 0 Å². The number of nitrogens with zero attached hydrogens (tertiary/aromatic N) is 4. The third kappa shape index (κ3) is 5.72. The number of pyridine rings is 1. The van der Waals surface area contributed by atoms with E-state index in [0.29, 0.717) is 42.3 Å². The van der Waals surface area contributed by atoms with E-state index < -0.39 is 0 Å². The first kappa shape index (κ1) is 21.5. The van der Waals surface area contributed by atoms with Gasteiger partial charge in [-0.05, 0) is 49.3 Å². The van der Waals surface area contributed by atoms with Crippen molar-refractivity contribution in [3.05, 3.63) is 36.4 Å². The fraction of sp³-hybridized carbons (Fsp3) is 0.500. The van der Waals surface area contributed by atoms with Crippen LogP contribution < -0.4 is 10.6 Å². The van der Waals surface area contributed by atoms with Gasteiger partial charge in [-0.1, -0.05) is 11.8 Å². The molecular formula is C22H28N6O2S. The molecule has 2 N–H and O–H groups in total.